The SMILES string of the molecule is Cc1ccc(C)c2c1OC(C)C2(C)C. The van der Waals surface area contributed by atoms with E-state index in [4.69, 9.17) is 4.74 Å². The van der Waals surface area contributed by atoms with Gasteiger partial charge in [-0.2, -0.15) is 0 Å². The van der Waals surface area contributed by atoms with Crippen LogP contribution in [0, 0.1) is 13.8 Å². The molecule has 0 saturated heterocycles. The molecule has 76 valence electrons. The van der Waals surface area contributed by atoms with Gasteiger partial charge in [0.25, 0.3) is 0 Å². The highest BCUT2D eigenvalue weighted by molar-refractivity contribution is 5.53. The summed E-state index contributed by atoms with van der Waals surface area (Å²) >= 11 is 0. The summed E-state index contributed by atoms with van der Waals surface area (Å²) in [7, 11) is 0. The summed E-state index contributed by atoms with van der Waals surface area (Å²) in [5, 5.41) is 0. The second kappa shape index (κ2) is 2.75. The Morgan fingerprint density at radius 3 is 2.29 bits per heavy atom. The fourth-order valence-electron chi connectivity index (χ4n) is 2.27. The van der Waals surface area contributed by atoms with Gasteiger partial charge in [0.15, 0.2) is 0 Å². The Bertz CT molecular complexity index is 377. The Morgan fingerprint density at radius 1 is 1.14 bits per heavy atom. The summed E-state index contributed by atoms with van der Waals surface area (Å²) in [5.74, 6) is 1.11. The van der Waals surface area contributed by atoms with E-state index in [1.165, 1.54) is 16.7 Å². The summed E-state index contributed by atoms with van der Waals surface area (Å²) in [6, 6.07) is 4.33. The number of hydrogen-bond acceptors (Lipinski definition) is 1. The highest BCUT2D eigenvalue weighted by Gasteiger charge is 2.40. The Balaban J connectivity index is 2.70. The van der Waals surface area contributed by atoms with Crippen molar-refractivity contribution in [3.8, 4) is 5.75 Å². The van der Waals surface area contributed by atoms with E-state index < -0.39 is 0 Å². The smallest absolute Gasteiger partial charge is 0.126 e. The van der Waals surface area contributed by atoms with E-state index in [9.17, 15) is 0 Å². The molecule has 0 aromatic heterocycles. The van der Waals surface area contributed by atoms with Gasteiger partial charge in [-0.05, 0) is 31.9 Å². The summed E-state index contributed by atoms with van der Waals surface area (Å²) in [6.45, 7) is 11.0. The zero-order chi connectivity index (χ0) is 10.5. The van der Waals surface area contributed by atoms with Gasteiger partial charge in [0.05, 0.1) is 0 Å². The summed E-state index contributed by atoms with van der Waals surface area (Å²) < 4.78 is 5.93. The van der Waals surface area contributed by atoms with Gasteiger partial charge in [-0.15, -0.1) is 0 Å². The van der Waals surface area contributed by atoms with Crippen molar-refractivity contribution in [1.82, 2.24) is 0 Å². The van der Waals surface area contributed by atoms with Gasteiger partial charge in [-0.25, -0.2) is 0 Å². The molecule has 1 aromatic carbocycles. The number of hydrogen-bond donors (Lipinski definition) is 0. The van der Waals surface area contributed by atoms with Crippen LogP contribution in [0.25, 0.3) is 0 Å². The van der Waals surface area contributed by atoms with Crippen molar-refractivity contribution in [2.45, 2.75) is 46.1 Å². The third kappa shape index (κ3) is 1.08. The summed E-state index contributed by atoms with van der Waals surface area (Å²) in [4.78, 5) is 0. The predicted molar refractivity (Wildman–Crippen MR) is 59.0 cm³/mol. The van der Waals surface area contributed by atoms with Crippen molar-refractivity contribution in [3.63, 3.8) is 0 Å². The minimum Gasteiger partial charge on any atom is -0.489 e. The molecule has 2 rings (SSSR count). The molecule has 1 aliphatic heterocycles. The number of benzene rings is 1. The number of rotatable bonds is 0. The predicted octanol–water partition coefficient (Wildman–Crippen LogP) is 3.36. The summed E-state index contributed by atoms with van der Waals surface area (Å²) in [6.07, 6.45) is 0.275. The van der Waals surface area contributed by atoms with Crippen molar-refractivity contribution >= 4 is 0 Å². The molecule has 1 unspecified atom stereocenters. The van der Waals surface area contributed by atoms with Gasteiger partial charge in [0.2, 0.25) is 0 Å². The van der Waals surface area contributed by atoms with Crippen molar-refractivity contribution in [2.75, 3.05) is 0 Å². The molecule has 0 amide bonds. The van der Waals surface area contributed by atoms with Crippen LogP contribution in [0.4, 0.5) is 0 Å². The normalized spacial score (nSPS) is 23.1. The molecule has 0 radical (unpaired) electrons. The van der Waals surface area contributed by atoms with E-state index in [1.807, 2.05) is 0 Å². The minimum absolute atomic E-state index is 0.144. The first-order chi connectivity index (χ1) is 6.44. The molecule has 1 heteroatoms. The third-order valence-corrected chi connectivity index (χ3v) is 3.52. The molecule has 14 heavy (non-hydrogen) atoms. The first kappa shape index (κ1) is 9.57. The largest absolute Gasteiger partial charge is 0.489 e. The van der Waals surface area contributed by atoms with Crippen LogP contribution < -0.4 is 4.74 Å². The van der Waals surface area contributed by atoms with E-state index in [2.05, 4.69) is 46.8 Å². The van der Waals surface area contributed by atoms with Crippen molar-refractivity contribution in [1.29, 1.82) is 0 Å². The van der Waals surface area contributed by atoms with Crippen LogP contribution in [0.5, 0.6) is 5.75 Å². The van der Waals surface area contributed by atoms with Crippen LogP contribution in [0.3, 0.4) is 0 Å². The number of fused-ring (bicyclic) bond motifs is 1. The molecule has 1 aromatic rings. The fraction of sp³-hybridized carbons (Fsp3) is 0.538. The van der Waals surface area contributed by atoms with Gasteiger partial charge in [-0.3, -0.25) is 0 Å². The van der Waals surface area contributed by atoms with Crippen molar-refractivity contribution in [3.05, 3.63) is 28.8 Å². The molecule has 1 heterocycles. The molecule has 1 aliphatic rings. The zero-order valence-corrected chi connectivity index (χ0v) is 9.64. The molecule has 0 bridgehead atoms. The van der Waals surface area contributed by atoms with Crippen LogP contribution in [0.15, 0.2) is 12.1 Å². The van der Waals surface area contributed by atoms with Crippen LogP contribution in [0.1, 0.15) is 37.5 Å². The van der Waals surface area contributed by atoms with E-state index >= 15 is 0 Å². The lowest BCUT2D eigenvalue weighted by Crippen LogP contribution is -2.29. The quantitative estimate of drug-likeness (QED) is 0.609. The Morgan fingerprint density at radius 2 is 1.71 bits per heavy atom. The molecule has 1 nitrogen and oxygen atoms in total. The Kier molecular flexibility index (Phi) is 1.88. The van der Waals surface area contributed by atoms with Crippen LogP contribution in [0.2, 0.25) is 0 Å². The highest BCUT2D eigenvalue weighted by atomic mass is 16.5. The molecule has 1 atom stereocenters. The fourth-order valence-corrected chi connectivity index (χ4v) is 2.27. The average Bonchev–Trinajstić information content (AvgIpc) is 2.33. The van der Waals surface area contributed by atoms with E-state index in [-0.39, 0.29) is 11.5 Å². The van der Waals surface area contributed by atoms with E-state index in [0.29, 0.717) is 0 Å². The molecule has 0 fully saturated rings. The maximum absolute atomic E-state index is 5.93. The summed E-state index contributed by atoms with van der Waals surface area (Å²) in [5.41, 5.74) is 4.14. The lowest BCUT2D eigenvalue weighted by Gasteiger charge is -2.23. The van der Waals surface area contributed by atoms with Crippen LogP contribution in [-0.2, 0) is 5.41 Å². The second-order valence-corrected chi connectivity index (χ2v) is 4.89. The first-order valence-electron chi connectivity index (χ1n) is 5.22. The number of ether oxygens (including phenoxy) is 1. The van der Waals surface area contributed by atoms with Gasteiger partial charge in [0, 0.05) is 11.0 Å². The topological polar surface area (TPSA) is 9.23 Å². The van der Waals surface area contributed by atoms with Gasteiger partial charge < -0.3 is 4.74 Å². The molecule has 0 N–H and O–H groups in total. The van der Waals surface area contributed by atoms with Crippen LogP contribution in [-0.4, -0.2) is 6.10 Å². The third-order valence-electron chi connectivity index (χ3n) is 3.52. The zero-order valence-electron chi connectivity index (χ0n) is 9.64. The Labute approximate surface area is 86.1 Å². The molecule has 0 saturated carbocycles. The number of aryl methyl sites for hydroxylation is 2. The standard InChI is InChI=1S/C13H18O/c1-8-6-7-9(2)12-11(8)13(4,5)10(3)14-12/h6-7,10H,1-5H3. The maximum Gasteiger partial charge on any atom is 0.126 e. The minimum atomic E-state index is 0.144. The Hall–Kier alpha value is -0.980. The average molecular weight is 190 g/mol. The molecular weight excluding hydrogens is 172 g/mol. The highest BCUT2D eigenvalue weighted by Crippen LogP contribution is 2.45. The lowest BCUT2D eigenvalue weighted by atomic mass is 9.79. The first-order valence-corrected chi connectivity index (χ1v) is 5.22. The van der Waals surface area contributed by atoms with Gasteiger partial charge in [-0.1, -0.05) is 26.0 Å². The van der Waals surface area contributed by atoms with E-state index in [0.717, 1.165) is 5.75 Å². The lowest BCUT2D eigenvalue weighted by molar-refractivity contribution is 0.185. The molecule has 0 aliphatic carbocycles. The van der Waals surface area contributed by atoms with E-state index in [1.54, 1.807) is 0 Å². The van der Waals surface area contributed by atoms with Gasteiger partial charge in [0.1, 0.15) is 11.9 Å². The molecule has 0 spiro atoms. The van der Waals surface area contributed by atoms with Gasteiger partial charge >= 0.3 is 0 Å². The van der Waals surface area contributed by atoms with Crippen molar-refractivity contribution in [2.24, 2.45) is 0 Å². The van der Waals surface area contributed by atoms with Crippen molar-refractivity contribution < 1.29 is 4.74 Å². The maximum atomic E-state index is 5.93. The van der Waals surface area contributed by atoms with Crippen LogP contribution >= 0.6 is 0 Å². The monoisotopic (exact) mass is 190 g/mol. The molecular formula is C13H18O. The second-order valence-electron chi connectivity index (χ2n) is 4.89.